The fourth-order valence-corrected chi connectivity index (χ4v) is 6.78. The minimum atomic E-state index is -0.0284. The topological polar surface area (TPSA) is 67.2 Å². The molecule has 2 N–H and O–H groups in total. The molecule has 4 saturated carbocycles. The first-order valence-electron chi connectivity index (χ1n) is 9.65. The lowest BCUT2D eigenvalue weighted by Crippen LogP contribution is -2.61. The highest BCUT2D eigenvalue weighted by molar-refractivity contribution is 7.15. The van der Waals surface area contributed by atoms with E-state index in [4.69, 9.17) is 4.42 Å². The molecule has 4 bridgehead atoms. The molecule has 2 heterocycles. The lowest BCUT2D eigenvalue weighted by atomic mass is 9.53. The maximum atomic E-state index is 12.6. The van der Waals surface area contributed by atoms with E-state index in [1.807, 2.05) is 19.1 Å². The van der Waals surface area contributed by atoms with Crippen LogP contribution >= 0.6 is 11.3 Å². The quantitative estimate of drug-likeness (QED) is 0.833. The molecule has 0 unspecified atom stereocenters. The van der Waals surface area contributed by atoms with Crippen molar-refractivity contribution in [1.29, 1.82) is 0 Å². The van der Waals surface area contributed by atoms with Gasteiger partial charge in [-0.1, -0.05) is 0 Å². The molecule has 4 aliphatic rings. The van der Waals surface area contributed by atoms with E-state index in [-0.39, 0.29) is 11.6 Å². The summed E-state index contributed by atoms with van der Waals surface area (Å²) < 4.78 is 5.42. The molecule has 6 rings (SSSR count). The second kappa shape index (κ2) is 6.12. The van der Waals surface area contributed by atoms with Crippen LogP contribution in [0.15, 0.2) is 22.8 Å². The predicted molar refractivity (Wildman–Crippen MR) is 101 cm³/mol. The van der Waals surface area contributed by atoms with Crippen LogP contribution in [-0.4, -0.2) is 16.6 Å². The number of thiazole rings is 1. The van der Waals surface area contributed by atoms with E-state index >= 15 is 0 Å². The SMILES string of the molecule is Cc1nc(-c2ccco2)sc1CNC(=O)NC12CC3CC(CC(C3)C1)C2. The minimum absolute atomic E-state index is 0.0284. The molecule has 0 spiro atoms. The first-order valence-corrected chi connectivity index (χ1v) is 10.5. The highest BCUT2D eigenvalue weighted by atomic mass is 32.1. The number of nitrogens with one attached hydrogen (secondary N) is 2. The lowest BCUT2D eigenvalue weighted by molar-refractivity contribution is -0.0135. The van der Waals surface area contributed by atoms with Gasteiger partial charge in [-0.05, 0) is 75.3 Å². The van der Waals surface area contributed by atoms with E-state index in [1.165, 1.54) is 38.5 Å². The fourth-order valence-electron chi connectivity index (χ4n) is 5.81. The Hall–Kier alpha value is -1.82. The van der Waals surface area contributed by atoms with Gasteiger partial charge in [-0.2, -0.15) is 0 Å². The summed E-state index contributed by atoms with van der Waals surface area (Å²) in [5.41, 5.74) is 1.01. The van der Waals surface area contributed by atoms with Crippen molar-refractivity contribution >= 4 is 17.4 Å². The molecule has 0 aromatic carbocycles. The van der Waals surface area contributed by atoms with Crippen molar-refractivity contribution < 1.29 is 9.21 Å². The Morgan fingerprint density at radius 2 is 1.96 bits per heavy atom. The molecule has 0 saturated heterocycles. The summed E-state index contributed by atoms with van der Waals surface area (Å²) in [6.45, 7) is 2.50. The van der Waals surface area contributed by atoms with Crippen molar-refractivity contribution in [2.45, 2.75) is 57.5 Å². The molecule has 5 nitrogen and oxygen atoms in total. The van der Waals surface area contributed by atoms with Crippen molar-refractivity contribution in [3.8, 4) is 10.8 Å². The first kappa shape index (κ1) is 16.4. The summed E-state index contributed by atoms with van der Waals surface area (Å²) in [7, 11) is 0. The first-order chi connectivity index (χ1) is 12.6. The molecular formula is C20H25N3O2S. The standard InChI is InChI=1S/C20H25N3O2S/c1-12-17(26-18(22-12)16-3-2-4-25-16)11-21-19(24)23-20-8-13-5-14(9-20)7-15(6-13)10-20/h2-4,13-15H,5-11H2,1H3,(H2,21,23,24). The Balaban J connectivity index is 1.22. The molecule has 2 aromatic rings. The van der Waals surface area contributed by atoms with Crippen LogP contribution in [0.25, 0.3) is 10.8 Å². The monoisotopic (exact) mass is 371 g/mol. The van der Waals surface area contributed by atoms with Crippen molar-refractivity contribution in [2.75, 3.05) is 0 Å². The van der Waals surface area contributed by atoms with Crippen LogP contribution < -0.4 is 10.6 Å². The smallest absolute Gasteiger partial charge is 0.315 e. The van der Waals surface area contributed by atoms with Gasteiger partial charge in [0.15, 0.2) is 10.8 Å². The number of nitrogens with zero attached hydrogens (tertiary/aromatic N) is 1. The van der Waals surface area contributed by atoms with Crippen LogP contribution in [-0.2, 0) is 6.54 Å². The summed E-state index contributed by atoms with van der Waals surface area (Å²) in [6.07, 6.45) is 9.34. The Morgan fingerprint density at radius 1 is 1.27 bits per heavy atom. The van der Waals surface area contributed by atoms with Crippen molar-refractivity contribution in [3.05, 3.63) is 29.0 Å². The van der Waals surface area contributed by atoms with Crippen LogP contribution in [0.4, 0.5) is 4.79 Å². The van der Waals surface area contributed by atoms with E-state index in [0.717, 1.165) is 39.1 Å². The van der Waals surface area contributed by atoms with Gasteiger partial charge in [-0.3, -0.25) is 0 Å². The van der Waals surface area contributed by atoms with E-state index in [0.29, 0.717) is 6.54 Å². The molecule has 2 aromatic heterocycles. The van der Waals surface area contributed by atoms with Crippen LogP contribution in [0.3, 0.4) is 0 Å². The highest BCUT2D eigenvalue weighted by Crippen LogP contribution is 2.55. The van der Waals surface area contributed by atoms with Crippen LogP contribution in [0.2, 0.25) is 0 Å². The summed E-state index contributed by atoms with van der Waals surface area (Å²) in [4.78, 5) is 18.2. The average Bonchev–Trinajstić information content (AvgIpc) is 3.20. The van der Waals surface area contributed by atoms with Crippen molar-refractivity contribution in [3.63, 3.8) is 0 Å². The average molecular weight is 372 g/mol. The Morgan fingerprint density at radius 3 is 2.58 bits per heavy atom. The largest absolute Gasteiger partial charge is 0.462 e. The van der Waals surface area contributed by atoms with Gasteiger partial charge in [0.1, 0.15) is 0 Å². The number of aromatic nitrogens is 1. The van der Waals surface area contributed by atoms with Gasteiger partial charge in [0.2, 0.25) is 0 Å². The second-order valence-corrected chi connectivity index (χ2v) is 9.59. The van der Waals surface area contributed by atoms with Crippen LogP contribution in [0, 0.1) is 24.7 Å². The molecule has 2 amide bonds. The maximum absolute atomic E-state index is 12.6. The summed E-state index contributed by atoms with van der Waals surface area (Å²) in [5.74, 6) is 3.28. The lowest BCUT2D eigenvalue weighted by Gasteiger charge is -2.56. The predicted octanol–water partition coefficient (Wildman–Crippen LogP) is 4.48. The molecule has 138 valence electrons. The van der Waals surface area contributed by atoms with Crippen molar-refractivity contribution in [2.24, 2.45) is 17.8 Å². The van der Waals surface area contributed by atoms with Crippen molar-refractivity contribution in [1.82, 2.24) is 15.6 Å². The van der Waals surface area contributed by atoms with Gasteiger partial charge in [-0.25, -0.2) is 9.78 Å². The highest BCUT2D eigenvalue weighted by Gasteiger charge is 2.51. The number of urea groups is 1. The number of amides is 2. The number of rotatable bonds is 4. The van der Waals surface area contributed by atoms with Crippen LogP contribution in [0.5, 0.6) is 0 Å². The molecule has 0 atom stereocenters. The third-order valence-electron chi connectivity index (χ3n) is 6.45. The second-order valence-electron chi connectivity index (χ2n) is 8.51. The molecule has 26 heavy (non-hydrogen) atoms. The van der Waals surface area contributed by atoms with Gasteiger partial charge < -0.3 is 15.1 Å². The molecule has 4 aliphatic carbocycles. The number of hydrogen-bond donors (Lipinski definition) is 2. The zero-order valence-corrected chi connectivity index (χ0v) is 15.9. The minimum Gasteiger partial charge on any atom is -0.462 e. The van der Waals surface area contributed by atoms with Gasteiger partial charge in [-0.15, -0.1) is 11.3 Å². The summed E-state index contributed by atoms with van der Waals surface area (Å²) in [6, 6.07) is 3.75. The summed E-state index contributed by atoms with van der Waals surface area (Å²) in [5, 5.41) is 7.29. The number of carbonyl (C=O) groups is 1. The maximum Gasteiger partial charge on any atom is 0.315 e. The number of carbonyl (C=O) groups excluding carboxylic acids is 1. The zero-order valence-electron chi connectivity index (χ0n) is 15.1. The molecular weight excluding hydrogens is 346 g/mol. The molecule has 6 heteroatoms. The van der Waals surface area contributed by atoms with Crippen LogP contribution in [0.1, 0.15) is 49.1 Å². The van der Waals surface area contributed by atoms with Gasteiger partial charge in [0, 0.05) is 10.4 Å². The van der Waals surface area contributed by atoms with E-state index in [1.54, 1.807) is 17.6 Å². The number of furan rings is 1. The van der Waals surface area contributed by atoms with E-state index in [9.17, 15) is 4.79 Å². The molecule has 0 radical (unpaired) electrons. The van der Waals surface area contributed by atoms with Gasteiger partial charge in [0.25, 0.3) is 0 Å². The molecule has 4 fully saturated rings. The van der Waals surface area contributed by atoms with E-state index < -0.39 is 0 Å². The van der Waals surface area contributed by atoms with Gasteiger partial charge in [0.05, 0.1) is 18.5 Å². The Kier molecular flexibility index (Phi) is 3.85. The zero-order chi connectivity index (χ0) is 17.7. The number of aryl methyl sites for hydroxylation is 1. The van der Waals surface area contributed by atoms with E-state index in [2.05, 4.69) is 15.6 Å². The third-order valence-corrected chi connectivity index (χ3v) is 7.62. The Bertz CT molecular complexity index is 776. The Labute approximate surface area is 157 Å². The number of hydrogen-bond acceptors (Lipinski definition) is 4. The molecule has 0 aliphatic heterocycles. The third kappa shape index (κ3) is 2.94. The fraction of sp³-hybridized carbons (Fsp3) is 0.600. The summed E-state index contributed by atoms with van der Waals surface area (Å²) >= 11 is 1.58. The normalized spacial score (nSPS) is 32.0. The van der Waals surface area contributed by atoms with Gasteiger partial charge >= 0.3 is 6.03 Å².